The van der Waals surface area contributed by atoms with Gasteiger partial charge >= 0.3 is 6.36 Å². The van der Waals surface area contributed by atoms with Crippen LogP contribution in [0.3, 0.4) is 0 Å². The number of likely N-dealkylation sites (N-methyl/N-ethyl adjacent to an activating group) is 1. The van der Waals surface area contributed by atoms with Crippen molar-refractivity contribution in [2.75, 3.05) is 13.7 Å². The minimum Gasteiger partial charge on any atom is -0.484 e. The second-order valence-electron chi connectivity index (χ2n) is 5.18. The highest BCUT2D eigenvalue weighted by molar-refractivity contribution is 9.10. The van der Waals surface area contributed by atoms with E-state index in [9.17, 15) is 18.0 Å². The van der Waals surface area contributed by atoms with Crippen molar-refractivity contribution in [2.45, 2.75) is 12.9 Å². The zero-order valence-corrected chi connectivity index (χ0v) is 14.8. The summed E-state index contributed by atoms with van der Waals surface area (Å²) in [7, 11) is 1.59. The standard InChI is InChI=1S/C17H15BrF3NO3/c1-22(16(23)11-24-14-8-4-13(18)5-9-14)10-12-2-6-15(7-3-12)25-17(19,20)21/h2-9H,10-11H2,1H3. The minimum atomic E-state index is -4.72. The van der Waals surface area contributed by atoms with Crippen molar-refractivity contribution in [1.82, 2.24) is 4.90 Å². The fourth-order valence-corrected chi connectivity index (χ4v) is 2.21. The van der Waals surface area contributed by atoms with E-state index < -0.39 is 6.36 Å². The van der Waals surface area contributed by atoms with Gasteiger partial charge in [0.15, 0.2) is 6.61 Å². The van der Waals surface area contributed by atoms with E-state index in [2.05, 4.69) is 20.7 Å². The van der Waals surface area contributed by atoms with Crippen molar-refractivity contribution in [3.63, 3.8) is 0 Å². The summed E-state index contributed by atoms with van der Waals surface area (Å²) in [4.78, 5) is 13.5. The molecule has 0 bridgehead atoms. The van der Waals surface area contributed by atoms with Crippen molar-refractivity contribution in [2.24, 2.45) is 0 Å². The predicted molar refractivity (Wildman–Crippen MR) is 89.2 cm³/mol. The summed E-state index contributed by atoms with van der Waals surface area (Å²) in [6.07, 6.45) is -4.72. The van der Waals surface area contributed by atoms with Gasteiger partial charge in [-0.2, -0.15) is 0 Å². The summed E-state index contributed by atoms with van der Waals surface area (Å²) < 4.78 is 46.4. The van der Waals surface area contributed by atoms with Gasteiger partial charge in [-0.3, -0.25) is 4.79 Å². The Labute approximate surface area is 151 Å². The van der Waals surface area contributed by atoms with Crippen molar-refractivity contribution in [3.05, 3.63) is 58.6 Å². The third-order valence-electron chi connectivity index (χ3n) is 3.18. The molecule has 0 atom stereocenters. The molecule has 0 saturated carbocycles. The second kappa shape index (κ2) is 8.24. The highest BCUT2D eigenvalue weighted by Gasteiger charge is 2.30. The lowest BCUT2D eigenvalue weighted by atomic mass is 10.2. The molecule has 2 rings (SSSR count). The summed E-state index contributed by atoms with van der Waals surface area (Å²) in [6.45, 7) is 0.113. The number of carbonyl (C=O) groups excluding carboxylic acids is 1. The molecule has 0 heterocycles. The topological polar surface area (TPSA) is 38.8 Å². The molecule has 0 unspecified atom stereocenters. The maximum Gasteiger partial charge on any atom is 0.573 e. The maximum absolute atomic E-state index is 12.1. The number of hydrogen-bond donors (Lipinski definition) is 0. The van der Waals surface area contributed by atoms with Gasteiger partial charge < -0.3 is 14.4 Å². The Balaban J connectivity index is 1.84. The van der Waals surface area contributed by atoms with Gasteiger partial charge in [-0.1, -0.05) is 28.1 Å². The van der Waals surface area contributed by atoms with Crippen molar-refractivity contribution in [1.29, 1.82) is 0 Å². The molecule has 0 aromatic heterocycles. The number of carbonyl (C=O) groups is 1. The van der Waals surface area contributed by atoms with Gasteiger partial charge in [-0.15, -0.1) is 13.2 Å². The van der Waals surface area contributed by atoms with Gasteiger partial charge in [0.1, 0.15) is 11.5 Å². The summed E-state index contributed by atoms with van der Waals surface area (Å²) >= 11 is 3.30. The monoisotopic (exact) mass is 417 g/mol. The van der Waals surface area contributed by atoms with Gasteiger partial charge in [0, 0.05) is 18.1 Å². The van der Waals surface area contributed by atoms with Gasteiger partial charge in [0.25, 0.3) is 5.91 Å². The van der Waals surface area contributed by atoms with Crippen LogP contribution in [0.5, 0.6) is 11.5 Å². The first-order valence-electron chi connectivity index (χ1n) is 7.20. The van der Waals surface area contributed by atoms with E-state index in [4.69, 9.17) is 4.74 Å². The molecule has 0 N–H and O–H groups in total. The van der Waals surface area contributed by atoms with Crippen LogP contribution < -0.4 is 9.47 Å². The highest BCUT2D eigenvalue weighted by Crippen LogP contribution is 2.23. The van der Waals surface area contributed by atoms with Crippen LogP contribution in [0.1, 0.15) is 5.56 Å². The molecule has 0 spiro atoms. The molecule has 0 saturated heterocycles. The van der Waals surface area contributed by atoms with Crippen LogP contribution in [0.2, 0.25) is 0 Å². The lowest BCUT2D eigenvalue weighted by Gasteiger charge is -2.18. The van der Waals surface area contributed by atoms with E-state index in [0.717, 1.165) is 4.47 Å². The third kappa shape index (κ3) is 6.66. The summed E-state index contributed by atoms with van der Waals surface area (Å²) in [6, 6.07) is 12.4. The number of hydrogen-bond acceptors (Lipinski definition) is 3. The molecule has 2 aromatic carbocycles. The van der Waals surface area contributed by atoms with Crippen LogP contribution >= 0.6 is 15.9 Å². The van der Waals surface area contributed by atoms with E-state index in [-0.39, 0.29) is 24.8 Å². The number of halogens is 4. The minimum absolute atomic E-state index is 0.132. The number of amides is 1. The average Bonchev–Trinajstić information content (AvgIpc) is 2.54. The van der Waals surface area contributed by atoms with Crippen LogP contribution in [-0.4, -0.2) is 30.8 Å². The SMILES string of the molecule is CN(Cc1ccc(OC(F)(F)F)cc1)C(=O)COc1ccc(Br)cc1. The number of ether oxygens (including phenoxy) is 2. The molecule has 0 aliphatic carbocycles. The average molecular weight is 418 g/mol. The Hall–Kier alpha value is -2.22. The third-order valence-corrected chi connectivity index (χ3v) is 3.71. The van der Waals surface area contributed by atoms with Crippen LogP contribution in [0.25, 0.3) is 0 Å². The fraction of sp³-hybridized carbons (Fsp3) is 0.235. The summed E-state index contributed by atoms with van der Waals surface area (Å²) in [5.41, 5.74) is 0.675. The van der Waals surface area contributed by atoms with Gasteiger partial charge in [-0.25, -0.2) is 0 Å². The van der Waals surface area contributed by atoms with Crippen LogP contribution in [0, 0.1) is 0 Å². The first-order valence-corrected chi connectivity index (χ1v) is 7.99. The molecule has 1 amide bonds. The molecule has 25 heavy (non-hydrogen) atoms. The quantitative estimate of drug-likeness (QED) is 0.699. The zero-order valence-electron chi connectivity index (χ0n) is 13.2. The van der Waals surface area contributed by atoms with Crippen LogP contribution in [0.4, 0.5) is 13.2 Å². The number of rotatable bonds is 6. The summed E-state index contributed by atoms with van der Waals surface area (Å²) in [5.74, 6) is 0.0148. The zero-order chi connectivity index (χ0) is 18.4. The number of benzene rings is 2. The van der Waals surface area contributed by atoms with E-state index in [0.29, 0.717) is 11.3 Å². The van der Waals surface area contributed by atoms with Gasteiger partial charge in [-0.05, 0) is 42.0 Å². The lowest BCUT2D eigenvalue weighted by molar-refractivity contribution is -0.274. The van der Waals surface area contributed by atoms with Crippen LogP contribution in [0.15, 0.2) is 53.0 Å². The Morgan fingerprint density at radius 2 is 1.60 bits per heavy atom. The predicted octanol–water partition coefficient (Wildman–Crippen LogP) is 4.39. The normalized spacial score (nSPS) is 11.1. The maximum atomic E-state index is 12.1. The van der Waals surface area contributed by atoms with Crippen molar-refractivity contribution in [3.8, 4) is 11.5 Å². The van der Waals surface area contributed by atoms with Crippen molar-refractivity contribution >= 4 is 21.8 Å². The lowest BCUT2D eigenvalue weighted by Crippen LogP contribution is -2.30. The Kier molecular flexibility index (Phi) is 6.30. The van der Waals surface area contributed by atoms with E-state index in [1.807, 2.05) is 0 Å². The molecule has 4 nitrogen and oxygen atoms in total. The Bertz CT molecular complexity index is 703. The van der Waals surface area contributed by atoms with Crippen LogP contribution in [-0.2, 0) is 11.3 Å². The van der Waals surface area contributed by atoms with Gasteiger partial charge in [0.2, 0.25) is 0 Å². The first-order chi connectivity index (χ1) is 11.7. The van der Waals surface area contributed by atoms with Gasteiger partial charge in [0.05, 0.1) is 0 Å². The molecule has 0 aliphatic heterocycles. The molecular formula is C17H15BrF3NO3. The Morgan fingerprint density at radius 3 is 2.16 bits per heavy atom. The second-order valence-corrected chi connectivity index (χ2v) is 6.10. The van der Waals surface area contributed by atoms with E-state index in [1.54, 1.807) is 31.3 Å². The number of nitrogens with zero attached hydrogens (tertiary/aromatic N) is 1. The van der Waals surface area contributed by atoms with E-state index >= 15 is 0 Å². The molecule has 0 fully saturated rings. The first kappa shape index (κ1) is 19.1. The smallest absolute Gasteiger partial charge is 0.484 e. The Morgan fingerprint density at radius 1 is 1.04 bits per heavy atom. The number of alkyl halides is 3. The molecule has 0 aliphatic rings. The molecule has 0 radical (unpaired) electrons. The molecule has 134 valence electrons. The highest BCUT2D eigenvalue weighted by atomic mass is 79.9. The summed E-state index contributed by atoms with van der Waals surface area (Å²) in [5, 5.41) is 0. The molecule has 2 aromatic rings. The fourth-order valence-electron chi connectivity index (χ4n) is 1.94. The molecule has 8 heteroatoms. The molecular weight excluding hydrogens is 403 g/mol. The largest absolute Gasteiger partial charge is 0.573 e. The van der Waals surface area contributed by atoms with E-state index in [1.165, 1.54) is 29.2 Å². The van der Waals surface area contributed by atoms with Crippen molar-refractivity contribution < 1.29 is 27.4 Å².